The number of halogens is 1. The van der Waals surface area contributed by atoms with Gasteiger partial charge in [0.05, 0.1) is 18.3 Å². The van der Waals surface area contributed by atoms with Crippen molar-refractivity contribution in [1.29, 1.82) is 0 Å². The van der Waals surface area contributed by atoms with Crippen LogP contribution < -0.4 is 0 Å². The van der Waals surface area contributed by atoms with Crippen LogP contribution in [0, 0.1) is 18.7 Å². The molecule has 0 bridgehead atoms. The lowest BCUT2D eigenvalue weighted by Crippen LogP contribution is -2.50. The zero-order valence-corrected chi connectivity index (χ0v) is 17.2. The van der Waals surface area contributed by atoms with Gasteiger partial charge in [-0.25, -0.2) is 4.39 Å². The monoisotopic (exact) mass is 385 g/mol. The van der Waals surface area contributed by atoms with Crippen molar-refractivity contribution < 1.29 is 14.2 Å². The molecule has 1 aliphatic carbocycles. The highest BCUT2D eigenvalue weighted by Crippen LogP contribution is 2.38. The predicted octanol–water partition coefficient (Wildman–Crippen LogP) is 4.35. The lowest BCUT2D eigenvalue weighted by atomic mass is 9.71. The van der Waals surface area contributed by atoms with Gasteiger partial charge in [0.1, 0.15) is 5.82 Å². The van der Waals surface area contributed by atoms with E-state index in [1.165, 1.54) is 23.3 Å². The summed E-state index contributed by atoms with van der Waals surface area (Å²) in [6.07, 6.45) is 3.20. The van der Waals surface area contributed by atoms with Crippen molar-refractivity contribution in [1.82, 2.24) is 4.90 Å². The second-order valence-corrected chi connectivity index (χ2v) is 8.56. The van der Waals surface area contributed by atoms with Crippen molar-refractivity contribution in [3.05, 3.63) is 71.0 Å². The molecule has 28 heavy (non-hydrogen) atoms. The van der Waals surface area contributed by atoms with Crippen molar-refractivity contribution in [3.63, 3.8) is 0 Å². The van der Waals surface area contributed by atoms with Crippen molar-refractivity contribution in [2.75, 3.05) is 20.6 Å². The van der Waals surface area contributed by atoms with Gasteiger partial charge in [-0.05, 0) is 63.5 Å². The van der Waals surface area contributed by atoms with E-state index in [1.54, 1.807) is 12.1 Å². The first kappa shape index (κ1) is 21.0. The second kappa shape index (κ2) is 9.17. The third-order valence-corrected chi connectivity index (χ3v) is 5.78. The molecule has 1 fully saturated rings. The normalized spacial score (nSPS) is 25.2. The van der Waals surface area contributed by atoms with E-state index in [0.717, 1.165) is 31.4 Å². The third-order valence-electron chi connectivity index (χ3n) is 5.78. The molecule has 1 saturated carbocycles. The summed E-state index contributed by atoms with van der Waals surface area (Å²) < 4.78 is 19.2. The molecule has 152 valence electrons. The van der Waals surface area contributed by atoms with Gasteiger partial charge in [0.15, 0.2) is 0 Å². The number of aliphatic hydroxyl groups is 1. The lowest BCUT2D eigenvalue weighted by molar-refractivity contribution is -0.105. The Morgan fingerprint density at radius 3 is 2.57 bits per heavy atom. The van der Waals surface area contributed by atoms with Crippen LogP contribution in [-0.4, -0.2) is 42.4 Å². The van der Waals surface area contributed by atoms with Crippen molar-refractivity contribution in [2.45, 2.75) is 50.9 Å². The first-order chi connectivity index (χ1) is 13.3. The lowest BCUT2D eigenvalue weighted by Gasteiger charge is -2.44. The van der Waals surface area contributed by atoms with E-state index < -0.39 is 5.60 Å². The molecule has 3 unspecified atom stereocenters. The van der Waals surface area contributed by atoms with Crippen molar-refractivity contribution >= 4 is 0 Å². The number of rotatable bonds is 7. The molecule has 0 aromatic heterocycles. The molecule has 2 aromatic rings. The molecule has 3 rings (SSSR count). The summed E-state index contributed by atoms with van der Waals surface area (Å²) in [5.41, 5.74) is 2.68. The Balaban J connectivity index is 1.65. The molecule has 0 radical (unpaired) electrons. The molecule has 1 N–H and O–H groups in total. The minimum atomic E-state index is -0.714. The fourth-order valence-corrected chi connectivity index (χ4v) is 4.31. The number of hydrogen-bond acceptors (Lipinski definition) is 3. The van der Waals surface area contributed by atoms with Gasteiger partial charge >= 0.3 is 0 Å². The Hall–Kier alpha value is -1.75. The predicted molar refractivity (Wildman–Crippen MR) is 111 cm³/mol. The Morgan fingerprint density at radius 1 is 1.14 bits per heavy atom. The minimum Gasteiger partial charge on any atom is -0.389 e. The average molecular weight is 386 g/mol. The smallest absolute Gasteiger partial charge is 0.123 e. The first-order valence-electron chi connectivity index (χ1n) is 10.1. The molecule has 0 spiro atoms. The highest BCUT2D eigenvalue weighted by atomic mass is 19.1. The summed E-state index contributed by atoms with van der Waals surface area (Å²) in [6, 6.07) is 14.9. The topological polar surface area (TPSA) is 32.7 Å². The largest absolute Gasteiger partial charge is 0.389 e. The summed E-state index contributed by atoms with van der Waals surface area (Å²) >= 11 is 0. The van der Waals surface area contributed by atoms with Crippen LogP contribution in [0.15, 0.2) is 48.5 Å². The van der Waals surface area contributed by atoms with E-state index in [9.17, 15) is 9.50 Å². The fourth-order valence-electron chi connectivity index (χ4n) is 4.31. The van der Waals surface area contributed by atoms with Crippen LogP contribution in [0.2, 0.25) is 0 Å². The zero-order chi connectivity index (χ0) is 20.1. The SMILES string of the molecule is Cc1cccc(CC2(O)CCC(OCc3ccc(F)cc3)CC2CN(C)C)c1. The van der Waals surface area contributed by atoms with E-state index in [-0.39, 0.29) is 17.8 Å². The quantitative estimate of drug-likeness (QED) is 0.769. The van der Waals surface area contributed by atoms with Gasteiger partial charge in [-0.2, -0.15) is 0 Å². The van der Waals surface area contributed by atoms with E-state index in [2.05, 4.69) is 50.2 Å². The molecule has 2 aromatic carbocycles. The maximum absolute atomic E-state index is 13.1. The Bertz CT molecular complexity index is 761. The molecule has 3 atom stereocenters. The van der Waals surface area contributed by atoms with Gasteiger partial charge in [-0.3, -0.25) is 0 Å². The molecular formula is C24H32FNO2. The highest BCUT2D eigenvalue weighted by Gasteiger charge is 2.42. The Morgan fingerprint density at radius 2 is 1.89 bits per heavy atom. The van der Waals surface area contributed by atoms with Crippen LogP contribution >= 0.6 is 0 Å². The Labute approximate surface area is 168 Å². The van der Waals surface area contributed by atoms with Gasteiger partial charge in [0.2, 0.25) is 0 Å². The van der Waals surface area contributed by atoms with Crippen molar-refractivity contribution in [2.24, 2.45) is 5.92 Å². The van der Waals surface area contributed by atoms with Gasteiger partial charge in [-0.15, -0.1) is 0 Å². The fraction of sp³-hybridized carbons (Fsp3) is 0.500. The maximum Gasteiger partial charge on any atom is 0.123 e. The second-order valence-electron chi connectivity index (χ2n) is 8.56. The highest BCUT2D eigenvalue weighted by molar-refractivity contribution is 5.24. The van der Waals surface area contributed by atoms with Crippen molar-refractivity contribution in [3.8, 4) is 0 Å². The minimum absolute atomic E-state index is 0.118. The molecule has 1 aliphatic rings. The summed E-state index contributed by atoms with van der Waals surface area (Å²) in [6.45, 7) is 3.40. The summed E-state index contributed by atoms with van der Waals surface area (Å²) in [5.74, 6) is -0.0799. The molecule has 3 nitrogen and oxygen atoms in total. The number of benzene rings is 2. The number of ether oxygens (including phenoxy) is 1. The van der Waals surface area contributed by atoms with E-state index in [0.29, 0.717) is 13.0 Å². The Kier molecular flexibility index (Phi) is 6.86. The molecule has 4 heteroatoms. The van der Waals surface area contributed by atoms with Crippen LogP contribution in [-0.2, 0) is 17.8 Å². The zero-order valence-electron chi connectivity index (χ0n) is 17.2. The molecular weight excluding hydrogens is 353 g/mol. The molecule has 0 heterocycles. The number of hydrogen-bond donors (Lipinski definition) is 1. The van der Waals surface area contributed by atoms with Gasteiger partial charge < -0.3 is 14.7 Å². The maximum atomic E-state index is 13.1. The van der Waals surface area contributed by atoms with Crippen LogP contribution in [0.25, 0.3) is 0 Å². The summed E-state index contributed by atoms with van der Waals surface area (Å²) in [5, 5.41) is 11.5. The van der Waals surface area contributed by atoms with Gasteiger partial charge in [0.25, 0.3) is 0 Å². The number of aryl methyl sites for hydroxylation is 1. The van der Waals surface area contributed by atoms with Gasteiger partial charge in [0, 0.05) is 18.9 Å². The van der Waals surface area contributed by atoms with Crippen LogP contribution in [0.4, 0.5) is 4.39 Å². The average Bonchev–Trinajstić information content (AvgIpc) is 2.63. The van der Waals surface area contributed by atoms with Crippen LogP contribution in [0.1, 0.15) is 36.0 Å². The standard InChI is InChI=1S/C24H32FNO2/c1-18-5-4-6-20(13-18)15-24(27)12-11-23(14-21(24)16-26(2)3)28-17-19-7-9-22(25)10-8-19/h4-10,13,21,23,27H,11-12,14-17H2,1-3H3. The summed E-state index contributed by atoms with van der Waals surface area (Å²) in [4.78, 5) is 2.15. The van der Waals surface area contributed by atoms with Crippen LogP contribution in [0.5, 0.6) is 0 Å². The number of nitrogens with zero attached hydrogens (tertiary/aromatic N) is 1. The van der Waals surface area contributed by atoms with Gasteiger partial charge in [-0.1, -0.05) is 42.0 Å². The molecule has 0 aliphatic heterocycles. The van der Waals surface area contributed by atoms with E-state index >= 15 is 0 Å². The summed E-state index contributed by atoms with van der Waals surface area (Å²) in [7, 11) is 4.10. The molecule has 0 saturated heterocycles. The first-order valence-corrected chi connectivity index (χ1v) is 10.1. The molecule has 0 amide bonds. The van der Waals surface area contributed by atoms with Crippen LogP contribution in [0.3, 0.4) is 0 Å². The van der Waals surface area contributed by atoms with E-state index in [1.807, 2.05) is 0 Å². The van der Waals surface area contributed by atoms with E-state index in [4.69, 9.17) is 4.74 Å². The third kappa shape index (κ3) is 5.63.